The monoisotopic (exact) mass is 135 g/mol. The molecule has 0 spiro atoms. The summed E-state index contributed by atoms with van der Waals surface area (Å²) < 4.78 is 0. The Labute approximate surface area is 59.2 Å². The second-order valence-electron chi connectivity index (χ2n) is 1.99. The standard InChI is InChI=1S/C7H9N3/c8-4-5-2-1-3-6(9)7(5)10/h1-4,8H,9-10H2. The van der Waals surface area contributed by atoms with Gasteiger partial charge in [0.05, 0.1) is 11.4 Å². The molecule has 0 fully saturated rings. The lowest BCUT2D eigenvalue weighted by Gasteiger charge is -2.00. The average Bonchev–Trinajstić information content (AvgIpc) is 1.95. The molecule has 3 nitrogen and oxygen atoms in total. The van der Waals surface area contributed by atoms with Gasteiger partial charge < -0.3 is 16.9 Å². The Morgan fingerprint density at radius 3 is 2.50 bits per heavy atom. The van der Waals surface area contributed by atoms with Crippen molar-refractivity contribution in [2.75, 3.05) is 11.5 Å². The summed E-state index contributed by atoms with van der Waals surface area (Å²) in [6, 6.07) is 5.23. The highest BCUT2D eigenvalue weighted by molar-refractivity contribution is 5.89. The number of hydrogen-bond acceptors (Lipinski definition) is 3. The summed E-state index contributed by atoms with van der Waals surface area (Å²) in [5.74, 6) is 0. The summed E-state index contributed by atoms with van der Waals surface area (Å²) in [7, 11) is 0. The van der Waals surface area contributed by atoms with Gasteiger partial charge in [0, 0.05) is 11.8 Å². The zero-order chi connectivity index (χ0) is 7.56. The first kappa shape index (κ1) is 6.61. The predicted molar refractivity (Wildman–Crippen MR) is 43.2 cm³/mol. The summed E-state index contributed by atoms with van der Waals surface area (Å²) in [5, 5.41) is 6.92. The van der Waals surface area contributed by atoms with E-state index in [9.17, 15) is 0 Å². The van der Waals surface area contributed by atoms with E-state index in [1.807, 2.05) is 0 Å². The van der Waals surface area contributed by atoms with Crippen molar-refractivity contribution in [2.45, 2.75) is 0 Å². The van der Waals surface area contributed by atoms with Gasteiger partial charge in [-0.1, -0.05) is 12.1 Å². The minimum absolute atomic E-state index is 0.484. The van der Waals surface area contributed by atoms with E-state index in [1.54, 1.807) is 18.2 Å². The molecule has 52 valence electrons. The zero-order valence-corrected chi connectivity index (χ0v) is 5.46. The molecule has 1 rings (SSSR count). The fraction of sp³-hybridized carbons (Fsp3) is 0. The van der Waals surface area contributed by atoms with Gasteiger partial charge in [-0.3, -0.25) is 0 Å². The molecule has 0 unspecified atom stereocenters. The van der Waals surface area contributed by atoms with Crippen LogP contribution in [-0.2, 0) is 0 Å². The largest absolute Gasteiger partial charge is 0.397 e. The smallest absolute Gasteiger partial charge is 0.0636 e. The van der Waals surface area contributed by atoms with Crippen LogP contribution in [-0.4, -0.2) is 6.21 Å². The van der Waals surface area contributed by atoms with Crippen LogP contribution in [0.1, 0.15) is 5.56 Å². The van der Waals surface area contributed by atoms with E-state index in [0.717, 1.165) is 0 Å². The third-order valence-electron chi connectivity index (χ3n) is 1.33. The molecule has 0 aliphatic rings. The van der Waals surface area contributed by atoms with Crippen LogP contribution in [0.15, 0.2) is 18.2 Å². The molecular weight excluding hydrogens is 126 g/mol. The van der Waals surface area contributed by atoms with Crippen LogP contribution in [0.2, 0.25) is 0 Å². The van der Waals surface area contributed by atoms with Crippen LogP contribution >= 0.6 is 0 Å². The first-order valence-electron chi connectivity index (χ1n) is 2.90. The van der Waals surface area contributed by atoms with Crippen molar-refractivity contribution < 1.29 is 0 Å². The lowest BCUT2D eigenvalue weighted by atomic mass is 10.2. The lowest BCUT2D eigenvalue weighted by molar-refractivity contribution is 1.54. The molecule has 1 aromatic carbocycles. The van der Waals surface area contributed by atoms with Crippen LogP contribution in [0, 0.1) is 5.41 Å². The van der Waals surface area contributed by atoms with Gasteiger partial charge in [0.25, 0.3) is 0 Å². The molecule has 0 aliphatic heterocycles. The number of hydrogen-bond donors (Lipinski definition) is 3. The van der Waals surface area contributed by atoms with Crippen LogP contribution in [0.3, 0.4) is 0 Å². The van der Waals surface area contributed by atoms with Gasteiger partial charge in [0.2, 0.25) is 0 Å². The van der Waals surface area contributed by atoms with E-state index in [-0.39, 0.29) is 0 Å². The zero-order valence-electron chi connectivity index (χ0n) is 5.46. The molecule has 0 aromatic heterocycles. The number of anilines is 2. The maximum Gasteiger partial charge on any atom is 0.0636 e. The topological polar surface area (TPSA) is 75.9 Å². The summed E-state index contributed by atoms with van der Waals surface area (Å²) in [5.41, 5.74) is 12.7. The van der Waals surface area contributed by atoms with Crippen molar-refractivity contribution in [3.05, 3.63) is 23.8 Å². The Morgan fingerprint density at radius 2 is 2.00 bits per heavy atom. The Morgan fingerprint density at radius 1 is 1.30 bits per heavy atom. The van der Waals surface area contributed by atoms with Crippen molar-refractivity contribution in [3.63, 3.8) is 0 Å². The second kappa shape index (κ2) is 2.39. The van der Waals surface area contributed by atoms with E-state index in [0.29, 0.717) is 16.9 Å². The molecule has 1 aromatic rings. The highest BCUT2D eigenvalue weighted by Gasteiger charge is 1.96. The van der Waals surface area contributed by atoms with E-state index in [2.05, 4.69) is 0 Å². The van der Waals surface area contributed by atoms with Gasteiger partial charge in [-0.25, -0.2) is 0 Å². The fourth-order valence-electron chi connectivity index (χ4n) is 0.728. The average molecular weight is 135 g/mol. The first-order chi connectivity index (χ1) is 4.75. The van der Waals surface area contributed by atoms with Gasteiger partial charge >= 0.3 is 0 Å². The van der Waals surface area contributed by atoms with Crippen molar-refractivity contribution in [1.29, 1.82) is 5.41 Å². The molecule has 10 heavy (non-hydrogen) atoms. The highest BCUT2D eigenvalue weighted by atomic mass is 14.7. The first-order valence-corrected chi connectivity index (χ1v) is 2.90. The number of nitrogen functional groups attached to an aromatic ring is 2. The van der Waals surface area contributed by atoms with Crippen LogP contribution in [0.25, 0.3) is 0 Å². The van der Waals surface area contributed by atoms with Gasteiger partial charge in [0.15, 0.2) is 0 Å². The molecule has 0 atom stereocenters. The van der Waals surface area contributed by atoms with Gasteiger partial charge in [0.1, 0.15) is 0 Å². The van der Waals surface area contributed by atoms with E-state index in [1.165, 1.54) is 6.21 Å². The Kier molecular flexibility index (Phi) is 1.58. The number of nitrogens with two attached hydrogens (primary N) is 2. The van der Waals surface area contributed by atoms with Crippen molar-refractivity contribution in [3.8, 4) is 0 Å². The minimum Gasteiger partial charge on any atom is -0.397 e. The summed E-state index contributed by atoms with van der Waals surface area (Å²) in [6.45, 7) is 0. The third kappa shape index (κ3) is 0.932. The molecule has 0 heterocycles. The molecule has 0 saturated heterocycles. The maximum atomic E-state index is 6.92. The molecule has 3 heteroatoms. The summed E-state index contributed by atoms with van der Waals surface area (Å²) in [6.07, 6.45) is 1.19. The van der Waals surface area contributed by atoms with E-state index >= 15 is 0 Å². The number of para-hydroxylation sites is 1. The molecule has 0 aliphatic carbocycles. The molecule has 0 amide bonds. The Hall–Kier alpha value is -1.51. The molecule has 0 radical (unpaired) electrons. The van der Waals surface area contributed by atoms with Crippen LogP contribution in [0.4, 0.5) is 11.4 Å². The second-order valence-corrected chi connectivity index (χ2v) is 1.99. The van der Waals surface area contributed by atoms with Crippen LogP contribution in [0.5, 0.6) is 0 Å². The lowest BCUT2D eigenvalue weighted by Crippen LogP contribution is -1.98. The fourth-order valence-corrected chi connectivity index (χ4v) is 0.728. The van der Waals surface area contributed by atoms with E-state index in [4.69, 9.17) is 16.9 Å². The molecule has 0 saturated carbocycles. The Balaban J connectivity index is 3.27. The van der Waals surface area contributed by atoms with Gasteiger partial charge in [-0.15, -0.1) is 0 Å². The highest BCUT2D eigenvalue weighted by Crippen LogP contribution is 2.16. The molecule has 0 bridgehead atoms. The van der Waals surface area contributed by atoms with Gasteiger partial charge in [-0.2, -0.15) is 0 Å². The van der Waals surface area contributed by atoms with Crippen molar-refractivity contribution in [1.82, 2.24) is 0 Å². The summed E-state index contributed by atoms with van der Waals surface area (Å²) in [4.78, 5) is 0. The van der Waals surface area contributed by atoms with E-state index < -0.39 is 0 Å². The number of rotatable bonds is 1. The quantitative estimate of drug-likeness (QED) is 0.394. The SMILES string of the molecule is N=Cc1cccc(N)c1N. The van der Waals surface area contributed by atoms with Gasteiger partial charge in [-0.05, 0) is 6.07 Å². The number of nitrogens with one attached hydrogen (secondary N) is 1. The van der Waals surface area contributed by atoms with Crippen molar-refractivity contribution >= 4 is 17.6 Å². The number of benzene rings is 1. The summed E-state index contributed by atoms with van der Waals surface area (Å²) >= 11 is 0. The molecular formula is C7H9N3. The Bertz CT molecular complexity index is 255. The minimum atomic E-state index is 0.484. The van der Waals surface area contributed by atoms with Crippen molar-refractivity contribution in [2.24, 2.45) is 0 Å². The van der Waals surface area contributed by atoms with Crippen LogP contribution < -0.4 is 11.5 Å². The third-order valence-corrected chi connectivity index (χ3v) is 1.33. The normalized spacial score (nSPS) is 9.20. The maximum absolute atomic E-state index is 6.92. The predicted octanol–water partition coefficient (Wildman–Crippen LogP) is 0.849. The molecule has 5 N–H and O–H groups in total.